The molecule has 0 spiro atoms. The molecular formula is C23H32N8O3. The van der Waals surface area contributed by atoms with E-state index in [1.807, 2.05) is 32.3 Å². The average molecular weight is 469 g/mol. The largest absolute Gasteiger partial charge is 0.388 e. The molecule has 34 heavy (non-hydrogen) atoms. The number of aryl methyl sites for hydroxylation is 2. The van der Waals surface area contributed by atoms with Crippen LogP contribution in [0.1, 0.15) is 40.4 Å². The molecule has 3 aromatic heterocycles. The molecule has 2 N–H and O–H groups in total. The second-order valence-corrected chi connectivity index (χ2v) is 9.32. The third-order valence-electron chi connectivity index (χ3n) is 5.85. The van der Waals surface area contributed by atoms with E-state index in [9.17, 15) is 9.90 Å². The first kappa shape index (κ1) is 24.0. The van der Waals surface area contributed by atoms with Gasteiger partial charge in [-0.15, -0.1) is 0 Å². The van der Waals surface area contributed by atoms with Gasteiger partial charge in [0, 0.05) is 32.0 Å². The van der Waals surface area contributed by atoms with Crippen LogP contribution >= 0.6 is 0 Å². The Morgan fingerprint density at radius 2 is 1.85 bits per heavy atom. The third kappa shape index (κ3) is 4.71. The summed E-state index contributed by atoms with van der Waals surface area (Å²) >= 11 is 0. The van der Waals surface area contributed by atoms with Crippen LogP contribution in [-0.4, -0.2) is 82.3 Å². The number of aromatic nitrogens is 6. The normalized spacial score (nSPS) is 19.9. The minimum atomic E-state index is -1.36. The van der Waals surface area contributed by atoms with Gasteiger partial charge in [0.25, 0.3) is 0 Å². The fraction of sp³-hybridized carbons (Fsp3) is 0.565. The van der Waals surface area contributed by atoms with Gasteiger partial charge in [0.1, 0.15) is 24.0 Å². The number of hydrogen-bond donors (Lipinski definition) is 2. The number of carbonyl (C=O) groups is 1. The molecule has 4 heterocycles. The predicted molar refractivity (Wildman–Crippen MR) is 127 cm³/mol. The topological polar surface area (TPSA) is 131 Å². The van der Waals surface area contributed by atoms with E-state index in [-0.39, 0.29) is 18.1 Å². The summed E-state index contributed by atoms with van der Waals surface area (Å²) in [6.45, 7) is 12.4. The minimum Gasteiger partial charge on any atom is -0.388 e. The number of anilines is 1. The maximum Gasteiger partial charge on any atom is 0.248 e. The first-order chi connectivity index (χ1) is 16.1. The van der Waals surface area contributed by atoms with Crippen molar-refractivity contribution in [2.24, 2.45) is 0 Å². The van der Waals surface area contributed by atoms with Crippen LogP contribution in [0, 0.1) is 6.92 Å². The van der Waals surface area contributed by atoms with Crippen molar-refractivity contribution >= 4 is 22.9 Å². The lowest BCUT2D eigenvalue weighted by Gasteiger charge is -2.39. The zero-order chi connectivity index (χ0) is 24.6. The number of nitrogens with zero attached hydrogens (tertiary/aromatic N) is 7. The Labute approximate surface area is 198 Å². The Balaban J connectivity index is 1.73. The highest BCUT2D eigenvalue weighted by Crippen LogP contribution is 2.28. The van der Waals surface area contributed by atoms with E-state index in [4.69, 9.17) is 9.72 Å². The standard InChI is InChI=1S/C23H32N8O3/c1-7-31-20(16-8-24-15(4)25-9-16)28-17-19(26-12-27-21(17)31)29-18(23(5,6)33)22(32)30-10-13(2)34-14(3)11-30/h8-9,12-14,18,33H,7,10-11H2,1-6H3,(H,26,27,29). The fourth-order valence-corrected chi connectivity index (χ4v) is 4.29. The lowest BCUT2D eigenvalue weighted by atomic mass is 9.96. The molecule has 11 nitrogen and oxygen atoms in total. The maximum atomic E-state index is 13.5. The van der Waals surface area contributed by atoms with Gasteiger partial charge in [-0.3, -0.25) is 4.79 Å². The molecule has 1 amide bonds. The first-order valence-electron chi connectivity index (χ1n) is 11.5. The van der Waals surface area contributed by atoms with E-state index in [1.165, 1.54) is 6.33 Å². The Bertz CT molecular complexity index is 1160. The first-order valence-corrected chi connectivity index (χ1v) is 11.5. The Kier molecular flexibility index (Phi) is 6.50. The second kappa shape index (κ2) is 9.22. The van der Waals surface area contributed by atoms with Crippen molar-refractivity contribution in [1.82, 2.24) is 34.4 Å². The summed E-state index contributed by atoms with van der Waals surface area (Å²) in [5.41, 5.74) is 0.514. The summed E-state index contributed by atoms with van der Waals surface area (Å²) in [6, 6.07) is -0.943. The van der Waals surface area contributed by atoms with E-state index >= 15 is 0 Å². The lowest BCUT2D eigenvalue weighted by Crippen LogP contribution is -2.58. The molecule has 1 aliphatic heterocycles. The van der Waals surface area contributed by atoms with Crippen LogP contribution in [-0.2, 0) is 16.1 Å². The molecule has 0 radical (unpaired) electrons. The van der Waals surface area contributed by atoms with Crippen LogP contribution in [0.2, 0.25) is 0 Å². The maximum absolute atomic E-state index is 13.5. The number of carbonyl (C=O) groups excluding carboxylic acids is 1. The summed E-state index contributed by atoms with van der Waals surface area (Å²) in [6.07, 6.45) is 4.71. The van der Waals surface area contributed by atoms with E-state index in [0.717, 1.165) is 5.56 Å². The predicted octanol–water partition coefficient (Wildman–Crippen LogP) is 1.80. The van der Waals surface area contributed by atoms with Crippen LogP contribution in [0.3, 0.4) is 0 Å². The van der Waals surface area contributed by atoms with Crippen LogP contribution in [0.4, 0.5) is 5.82 Å². The summed E-state index contributed by atoms with van der Waals surface area (Å²) in [7, 11) is 0. The van der Waals surface area contributed by atoms with Crippen molar-refractivity contribution in [2.75, 3.05) is 18.4 Å². The molecule has 0 saturated carbocycles. The van der Waals surface area contributed by atoms with Crippen LogP contribution in [0.15, 0.2) is 18.7 Å². The van der Waals surface area contributed by atoms with Crippen LogP contribution in [0.5, 0.6) is 0 Å². The lowest BCUT2D eigenvalue weighted by molar-refractivity contribution is -0.148. The van der Waals surface area contributed by atoms with Gasteiger partial charge in [-0.2, -0.15) is 0 Å². The average Bonchev–Trinajstić information content (AvgIpc) is 3.15. The second-order valence-electron chi connectivity index (χ2n) is 9.32. The molecule has 1 aliphatic rings. The van der Waals surface area contributed by atoms with Crippen molar-refractivity contribution in [3.05, 3.63) is 24.5 Å². The number of rotatable bonds is 6. The van der Waals surface area contributed by atoms with Gasteiger partial charge in [0.2, 0.25) is 5.91 Å². The Morgan fingerprint density at radius 3 is 2.44 bits per heavy atom. The van der Waals surface area contributed by atoms with Crippen molar-refractivity contribution in [2.45, 2.75) is 71.9 Å². The van der Waals surface area contributed by atoms with Crippen molar-refractivity contribution in [3.63, 3.8) is 0 Å². The number of hydrogen-bond acceptors (Lipinski definition) is 9. The highest BCUT2D eigenvalue weighted by Gasteiger charge is 2.39. The Morgan fingerprint density at radius 1 is 1.21 bits per heavy atom. The smallest absolute Gasteiger partial charge is 0.248 e. The number of imidazole rings is 1. The van der Waals surface area contributed by atoms with E-state index in [1.54, 1.807) is 31.1 Å². The van der Waals surface area contributed by atoms with Crippen molar-refractivity contribution in [3.8, 4) is 11.4 Å². The summed E-state index contributed by atoms with van der Waals surface area (Å²) in [4.78, 5) is 37.4. The molecular weight excluding hydrogens is 436 g/mol. The van der Waals surface area contributed by atoms with Gasteiger partial charge < -0.3 is 24.6 Å². The molecule has 11 heteroatoms. The number of nitrogens with one attached hydrogen (secondary N) is 1. The van der Waals surface area contributed by atoms with Crippen molar-refractivity contribution in [1.29, 1.82) is 0 Å². The van der Waals surface area contributed by atoms with Gasteiger partial charge in [0.15, 0.2) is 17.0 Å². The fourth-order valence-electron chi connectivity index (χ4n) is 4.29. The Hall–Kier alpha value is -3.18. The zero-order valence-corrected chi connectivity index (χ0v) is 20.5. The molecule has 0 aliphatic carbocycles. The molecule has 3 aromatic rings. The summed E-state index contributed by atoms with van der Waals surface area (Å²) < 4.78 is 7.71. The monoisotopic (exact) mass is 468 g/mol. The molecule has 4 rings (SSSR count). The molecule has 3 atom stereocenters. The van der Waals surface area contributed by atoms with Crippen LogP contribution in [0.25, 0.3) is 22.6 Å². The molecule has 3 unspecified atom stereocenters. The number of fused-ring (bicyclic) bond motifs is 1. The summed E-state index contributed by atoms with van der Waals surface area (Å²) in [5, 5.41) is 14.1. The third-order valence-corrected chi connectivity index (χ3v) is 5.85. The molecule has 1 fully saturated rings. The SMILES string of the molecule is CCn1c(-c2cnc(C)nc2)nc2c(NC(C(=O)N3CC(C)OC(C)C3)C(C)(C)O)ncnc21. The highest BCUT2D eigenvalue weighted by atomic mass is 16.5. The molecule has 182 valence electrons. The molecule has 0 bridgehead atoms. The number of morpholine rings is 1. The van der Waals surface area contributed by atoms with Gasteiger partial charge >= 0.3 is 0 Å². The molecule has 1 saturated heterocycles. The van der Waals surface area contributed by atoms with E-state index in [0.29, 0.717) is 48.3 Å². The number of aliphatic hydroxyl groups is 1. The van der Waals surface area contributed by atoms with Gasteiger partial charge in [-0.1, -0.05) is 0 Å². The minimum absolute atomic E-state index is 0.0829. The number of amides is 1. The van der Waals surface area contributed by atoms with E-state index < -0.39 is 11.6 Å². The van der Waals surface area contributed by atoms with Crippen molar-refractivity contribution < 1.29 is 14.6 Å². The number of ether oxygens (including phenoxy) is 1. The summed E-state index contributed by atoms with van der Waals surface area (Å²) in [5.74, 6) is 1.48. The zero-order valence-electron chi connectivity index (χ0n) is 20.5. The highest BCUT2D eigenvalue weighted by molar-refractivity contribution is 5.91. The van der Waals surface area contributed by atoms with Gasteiger partial charge in [0.05, 0.1) is 23.4 Å². The van der Waals surface area contributed by atoms with Gasteiger partial charge in [-0.05, 0) is 41.5 Å². The van der Waals surface area contributed by atoms with Crippen LogP contribution < -0.4 is 5.32 Å². The molecule has 0 aromatic carbocycles. The van der Waals surface area contributed by atoms with E-state index in [2.05, 4.69) is 25.3 Å². The quantitative estimate of drug-likeness (QED) is 0.556. The van der Waals surface area contributed by atoms with Gasteiger partial charge in [-0.25, -0.2) is 24.9 Å².